The lowest BCUT2D eigenvalue weighted by Crippen LogP contribution is -1.90. The molecule has 2 heteroatoms. The number of hydrogen-bond donors (Lipinski definition) is 0. The van der Waals surface area contributed by atoms with Crippen LogP contribution < -0.4 is 0 Å². The Morgan fingerprint density at radius 3 is 2.60 bits per heavy atom. The molecule has 0 saturated heterocycles. The molecule has 0 aromatic carbocycles. The number of carbonyl (C=O) groups is 1. The Morgan fingerprint density at radius 2 is 2.30 bits per heavy atom. The molecule has 0 aliphatic rings. The molecule has 54 valence electrons. The van der Waals surface area contributed by atoms with Crippen molar-refractivity contribution < 1.29 is 4.79 Å². The van der Waals surface area contributed by atoms with Gasteiger partial charge in [0.2, 0.25) is 0 Å². The van der Waals surface area contributed by atoms with E-state index in [0.717, 1.165) is 0 Å². The van der Waals surface area contributed by atoms with Crippen LogP contribution in [0.3, 0.4) is 0 Å². The average molecular weight is 137 g/mol. The van der Waals surface area contributed by atoms with E-state index in [9.17, 15) is 4.79 Å². The second-order valence-corrected chi connectivity index (χ2v) is 1.80. The van der Waals surface area contributed by atoms with Gasteiger partial charge in [0.05, 0.1) is 0 Å². The van der Waals surface area contributed by atoms with Crippen LogP contribution in [0.15, 0.2) is 24.5 Å². The van der Waals surface area contributed by atoms with Crippen LogP contribution in [0.5, 0.6) is 0 Å². The van der Waals surface area contributed by atoms with Gasteiger partial charge in [0.25, 0.3) is 0 Å². The molecule has 1 aromatic rings. The quantitative estimate of drug-likeness (QED) is 0.553. The molecular weight excluding hydrogens is 126 g/mol. The molecule has 0 fully saturated rings. The number of rotatable bonds is 1. The zero-order valence-corrected chi connectivity index (χ0v) is 5.16. The van der Waals surface area contributed by atoms with E-state index in [1.165, 1.54) is 6.92 Å². The minimum Gasteiger partial charge on any atom is -0.294 e. The van der Waals surface area contributed by atoms with E-state index in [0.29, 0.717) is 5.56 Å². The van der Waals surface area contributed by atoms with Gasteiger partial charge in [-0.1, -0.05) is 7.43 Å². The molecular formula is C8H11NO. The summed E-state index contributed by atoms with van der Waals surface area (Å²) in [5.74, 6) is 0.0584. The number of pyridine rings is 1. The molecule has 0 amide bonds. The van der Waals surface area contributed by atoms with Crippen LogP contribution in [0.2, 0.25) is 0 Å². The van der Waals surface area contributed by atoms with E-state index in [1.54, 1.807) is 24.5 Å². The Balaban J connectivity index is 0.000000810. The topological polar surface area (TPSA) is 30.0 Å². The Bertz CT molecular complexity index is 206. The van der Waals surface area contributed by atoms with Gasteiger partial charge in [0.15, 0.2) is 5.78 Å². The molecule has 0 aliphatic carbocycles. The van der Waals surface area contributed by atoms with E-state index < -0.39 is 0 Å². The van der Waals surface area contributed by atoms with Crippen molar-refractivity contribution in [2.75, 3.05) is 0 Å². The molecule has 0 aliphatic heterocycles. The third kappa shape index (κ3) is 1.97. The Morgan fingerprint density at radius 1 is 1.60 bits per heavy atom. The largest absolute Gasteiger partial charge is 0.294 e. The second kappa shape index (κ2) is 3.77. The molecule has 1 rings (SSSR count). The van der Waals surface area contributed by atoms with Gasteiger partial charge >= 0.3 is 0 Å². The molecule has 0 N–H and O–H groups in total. The third-order valence-corrected chi connectivity index (χ3v) is 1.07. The fraction of sp³-hybridized carbons (Fsp3) is 0.250. The number of aromatic nitrogens is 1. The Labute approximate surface area is 60.9 Å². The molecule has 10 heavy (non-hydrogen) atoms. The van der Waals surface area contributed by atoms with Gasteiger partial charge in [-0.15, -0.1) is 0 Å². The van der Waals surface area contributed by atoms with E-state index in [-0.39, 0.29) is 13.2 Å². The zero-order valence-electron chi connectivity index (χ0n) is 5.16. The minimum absolute atomic E-state index is 0. The molecule has 1 aromatic heterocycles. The van der Waals surface area contributed by atoms with Crippen molar-refractivity contribution in [2.45, 2.75) is 14.4 Å². The van der Waals surface area contributed by atoms with Crippen molar-refractivity contribution in [3.63, 3.8) is 0 Å². The van der Waals surface area contributed by atoms with Gasteiger partial charge in [0.1, 0.15) is 0 Å². The Hall–Kier alpha value is -1.18. The van der Waals surface area contributed by atoms with Crippen LogP contribution in [-0.2, 0) is 0 Å². The summed E-state index contributed by atoms with van der Waals surface area (Å²) < 4.78 is 0. The van der Waals surface area contributed by atoms with E-state index in [1.807, 2.05) is 0 Å². The molecule has 2 nitrogen and oxygen atoms in total. The number of nitrogens with zero attached hydrogens (tertiary/aromatic N) is 1. The summed E-state index contributed by atoms with van der Waals surface area (Å²) in [6, 6.07) is 3.49. The smallest absolute Gasteiger partial charge is 0.161 e. The normalized spacial score (nSPS) is 8.10. The molecule has 0 atom stereocenters. The maximum Gasteiger partial charge on any atom is 0.161 e. The molecule has 0 saturated carbocycles. The first-order valence-electron chi connectivity index (χ1n) is 2.71. The van der Waals surface area contributed by atoms with Crippen LogP contribution in [0, 0.1) is 0 Å². The van der Waals surface area contributed by atoms with Crippen molar-refractivity contribution in [2.24, 2.45) is 0 Å². The van der Waals surface area contributed by atoms with E-state index >= 15 is 0 Å². The van der Waals surface area contributed by atoms with Crippen LogP contribution in [0.25, 0.3) is 0 Å². The molecule has 0 unspecified atom stereocenters. The highest BCUT2D eigenvalue weighted by atomic mass is 16.1. The number of Topliss-reactive ketones (excluding diaryl/α,β-unsaturated/α-hetero) is 1. The summed E-state index contributed by atoms with van der Waals surface area (Å²) >= 11 is 0. The lowest BCUT2D eigenvalue weighted by Gasteiger charge is -1.88. The number of ketones is 1. The third-order valence-electron chi connectivity index (χ3n) is 1.07. The SMILES string of the molecule is C.CC(=O)c1cccnc1. The summed E-state index contributed by atoms with van der Waals surface area (Å²) in [6.07, 6.45) is 3.20. The van der Waals surface area contributed by atoms with Crippen LogP contribution in [-0.4, -0.2) is 10.8 Å². The van der Waals surface area contributed by atoms with Crippen LogP contribution in [0.1, 0.15) is 24.7 Å². The van der Waals surface area contributed by atoms with Crippen LogP contribution in [0.4, 0.5) is 0 Å². The van der Waals surface area contributed by atoms with E-state index in [2.05, 4.69) is 4.98 Å². The standard InChI is InChI=1S/C7H7NO.CH4/c1-6(9)7-3-2-4-8-5-7;/h2-5H,1H3;1H4. The summed E-state index contributed by atoms with van der Waals surface area (Å²) in [4.78, 5) is 14.4. The first kappa shape index (κ1) is 8.82. The molecule has 0 spiro atoms. The fourth-order valence-electron chi connectivity index (χ4n) is 0.571. The average Bonchev–Trinajstić information content (AvgIpc) is 1.90. The molecule has 1 heterocycles. The van der Waals surface area contributed by atoms with E-state index in [4.69, 9.17) is 0 Å². The van der Waals surface area contributed by atoms with Gasteiger partial charge < -0.3 is 0 Å². The zero-order chi connectivity index (χ0) is 6.69. The van der Waals surface area contributed by atoms with Crippen molar-refractivity contribution in [3.8, 4) is 0 Å². The van der Waals surface area contributed by atoms with Gasteiger partial charge in [-0.05, 0) is 19.1 Å². The summed E-state index contributed by atoms with van der Waals surface area (Å²) in [5.41, 5.74) is 0.664. The summed E-state index contributed by atoms with van der Waals surface area (Å²) in [5, 5.41) is 0. The maximum absolute atomic E-state index is 10.6. The first-order chi connectivity index (χ1) is 4.30. The highest BCUT2D eigenvalue weighted by Crippen LogP contribution is 1.94. The fourth-order valence-corrected chi connectivity index (χ4v) is 0.571. The van der Waals surface area contributed by atoms with Crippen molar-refractivity contribution in [3.05, 3.63) is 30.1 Å². The van der Waals surface area contributed by atoms with Crippen molar-refractivity contribution in [1.29, 1.82) is 0 Å². The van der Waals surface area contributed by atoms with Crippen LogP contribution >= 0.6 is 0 Å². The van der Waals surface area contributed by atoms with Gasteiger partial charge in [-0.3, -0.25) is 9.78 Å². The second-order valence-electron chi connectivity index (χ2n) is 1.80. The van der Waals surface area contributed by atoms with Gasteiger partial charge in [0, 0.05) is 18.0 Å². The van der Waals surface area contributed by atoms with Crippen molar-refractivity contribution in [1.82, 2.24) is 4.98 Å². The van der Waals surface area contributed by atoms with Crippen molar-refractivity contribution >= 4 is 5.78 Å². The van der Waals surface area contributed by atoms with Gasteiger partial charge in [-0.25, -0.2) is 0 Å². The number of hydrogen-bond acceptors (Lipinski definition) is 2. The molecule has 0 radical (unpaired) electrons. The highest BCUT2D eigenvalue weighted by Gasteiger charge is 1.93. The predicted molar refractivity (Wildman–Crippen MR) is 41.0 cm³/mol. The maximum atomic E-state index is 10.6. The monoisotopic (exact) mass is 137 g/mol. The summed E-state index contributed by atoms with van der Waals surface area (Å²) in [7, 11) is 0. The lowest BCUT2D eigenvalue weighted by molar-refractivity contribution is 0.101. The number of carbonyl (C=O) groups excluding carboxylic acids is 1. The first-order valence-corrected chi connectivity index (χ1v) is 2.71. The lowest BCUT2D eigenvalue weighted by atomic mass is 10.2. The summed E-state index contributed by atoms with van der Waals surface area (Å²) in [6.45, 7) is 1.52. The van der Waals surface area contributed by atoms with Gasteiger partial charge in [-0.2, -0.15) is 0 Å². The minimum atomic E-state index is 0. The Kier molecular flexibility index (Phi) is 3.33. The predicted octanol–water partition coefficient (Wildman–Crippen LogP) is 1.92. The molecule has 0 bridgehead atoms. The highest BCUT2D eigenvalue weighted by molar-refractivity contribution is 5.93.